The summed E-state index contributed by atoms with van der Waals surface area (Å²) in [5, 5.41) is 0. The Morgan fingerprint density at radius 1 is 1.14 bits per heavy atom. The van der Waals surface area contributed by atoms with Crippen LogP contribution in [0.2, 0.25) is 0 Å². The van der Waals surface area contributed by atoms with E-state index < -0.39 is 0 Å². The lowest BCUT2D eigenvalue weighted by Crippen LogP contribution is -2.51. The second kappa shape index (κ2) is 3.82. The minimum Gasteiger partial charge on any atom is -0.373 e. The van der Waals surface area contributed by atoms with Crippen LogP contribution in [-0.4, -0.2) is 24.4 Å². The van der Waals surface area contributed by atoms with Crippen molar-refractivity contribution in [1.29, 1.82) is 0 Å². The van der Waals surface area contributed by atoms with Gasteiger partial charge in [0.25, 0.3) is 0 Å². The maximum absolute atomic E-state index is 5.91. The summed E-state index contributed by atoms with van der Waals surface area (Å²) >= 11 is 0. The molecule has 2 unspecified atom stereocenters. The van der Waals surface area contributed by atoms with Gasteiger partial charge in [0.05, 0.1) is 18.3 Å². The zero-order valence-electron chi connectivity index (χ0n) is 10.4. The maximum Gasteiger partial charge on any atom is 0.108 e. The monoisotopic (exact) mass is 200 g/mol. The summed E-state index contributed by atoms with van der Waals surface area (Å²) in [6.45, 7) is 13.8. The van der Waals surface area contributed by atoms with Crippen LogP contribution in [0, 0.1) is 5.41 Å². The van der Waals surface area contributed by atoms with E-state index in [9.17, 15) is 0 Å². The molecule has 0 N–H and O–H groups in total. The molecule has 0 aliphatic carbocycles. The summed E-state index contributed by atoms with van der Waals surface area (Å²) < 4.78 is 11.4. The van der Waals surface area contributed by atoms with Crippen molar-refractivity contribution in [3.63, 3.8) is 0 Å². The predicted octanol–water partition coefficient (Wildman–Crippen LogP) is 3.01. The van der Waals surface area contributed by atoms with Gasteiger partial charge in [-0.3, -0.25) is 0 Å². The Morgan fingerprint density at radius 2 is 1.71 bits per heavy atom. The SMILES string of the molecule is CC(C)(C)CC1OCC1OC(C)(C)C. The Hall–Kier alpha value is -0.0800. The quantitative estimate of drug-likeness (QED) is 0.682. The highest BCUT2D eigenvalue weighted by Crippen LogP contribution is 2.31. The summed E-state index contributed by atoms with van der Waals surface area (Å²) in [6.07, 6.45) is 1.68. The standard InChI is InChI=1S/C12H24O2/c1-11(2,3)7-9-10(8-13-9)14-12(4,5)6/h9-10H,7-8H2,1-6H3. The van der Waals surface area contributed by atoms with Crippen LogP contribution in [0.4, 0.5) is 0 Å². The van der Waals surface area contributed by atoms with Crippen LogP contribution in [0.15, 0.2) is 0 Å². The van der Waals surface area contributed by atoms with Crippen molar-refractivity contribution in [3.05, 3.63) is 0 Å². The van der Waals surface area contributed by atoms with Gasteiger partial charge >= 0.3 is 0 Å². The second-order valence-electron chi connectivity index (χ2n) is 6.41. The van der Waals surface area contributed by atoms with Crippen molar-refractivity contribution in [2.45, 2.75) is 65.8 Å². The molecule has 1 saturated heterocycles. The molecule has 0 bridgehead atoms. The van der Waals surface area contributed by atoms with Crippen molar-refractivity contribution in [2.24, 2.45) is 5.41 Å². The highest BCUT2D eigenvalue weighted by molar-refractivity contribution is 4.85. The molecule has 1 rings (SSSR count). The van der Waals surface area contributed by atoms with Crippen LogP contribution in [0.1, 0.15) is 48.0 Å². The van der Waals surface area contributed by atoms with Gasteiger partial charge in [0.2, 0.25) is 0 Å². The van der Waals surface area contributed by atoms with E-state index in [0.29, 0.717) is 17.6 Å². The molecular weight excluding hydrogens is 176 g/mol. The molecule has 2 heteroatoms. The Bertz CT molecular complexity index is 163. The van der Waals surface area contributed by atoms with E-state index in [1.54, 1.807) is 0 Å². The maximum atomic E-state index is 5.91. The third-order valence-electron chi connectivity index (χ3n) is 2.21. The summed E-state index contributed by atoms with van der Waals surface area (Å²) in [5.41, 5.74) is 0.273. The molecule has 0 amide bonds. The van der Waals surface area contributed by atoms with Crippen LogP contribution in [0.25, 0.3) is 0 Å². The number of hydrogen-bond donors (Lipinski definition) is 0. The predicted molar refractivity (Wildman–Crippen MR) is 58.4 cm³/mol. The van der Waals surface area contributed by atoms with Crippen molar-refractivity contribution in [1.82, 2.24) is 0 Å². The van der Waals surface area contributed by atoms with Gasteiger partial charge in [0.15, 0.2) is 0 Å². The molecule has 0 saturated carbocycles. The highest BCUT2D eigenvalue weighted by Gasteiger charge is 2.38. The number of rotatable bonds is 2. The first-order chi connectivity index (χ1) is 6.17. The molecule has 0 radical (unpaired) electrons. The Kier molecular flexibility index (Phi) is 3.27. The summed E-state index contributed by atoms with van der Waals surface area (Å²) in [6, 6.07) is 0. The first kappa shape index (κ1) is 12.0. The van der Waals surface area contributed by atoms with Gasteiger partial charge in [-0.15, -0.1) is 0 Å². The zero-order valence-corrected chi connectivity index (χ0v) is 10.4. The zero-order chi connectivity index (χ0) is 11.0. The fourth-order valence-electron chi connectivity index (χ4n) is 1.67. The lowest BCUT2D eigenvalue weighted by atomic mass is 9.86. The van der Waals surface area contributed by atoms with E-state index >= 15 is 0 Å². The molecule has 1 aliphatic rings. The van der Waals surface area contributed by atoms with Gasteiger partial charge < -0.3 is 9.47 Å². The molecule has 1 heterocycles. The largest absolute Gasteiger partial charge is 0.373 e. The van der Waals surface area contributed by atoms with Crippen molar-refractivity contribution < 1.29 is 9.47 Å². The lowest BCUT2D eigenvalue weighted by Gasteiger charge is -2.42. The first-order valence-corrected chi connectivity index (χ1v) is 5.47. The van der Waals surface area contributed by atoms with E-state index in [4.69, 9.17) is 9.47 Å². The molecule has 14 heavy (non-hydrogen) atoms. The topological polar surface area (TPSA) is 18.5 Å². The van der Waals surface area contributed by atoms with E-state index in [1.165, 1.54) is 0 Å². The fraction of sp³-hybridized carbons (Fsp3) is 1.00. The van der Waals surface area contributed by atoms with Crippen LogP contribution in [-0.2, 0) is 9.47 Å². The molecule has 1 fully saturated rings. The Morgan fingerprint density at radius 3 is 2.00 bits per heavy atom. The molecular formula is C12H24O2. The van der Waals surface area contributed by atoms with Crippen LogP contribution in [0.5, 0.6) is 0 Å². The Labute approximate surface area is 88.0 Å². The molecule has 0 aromatic carbocycles. The normalized spacial score (nSPS) is 28.7. The minimum atomic E-state index is -0.0510. The third kappa shape index (κ3) is 3.97. The van der Waals surface area contributed by atoms with Gasteiger partial charge in [-0.25, -0.2) is 0 Å². The summed E-state index contributed by atoms with van der Waals surface area (Å²) in [4.78, 5) is 0. The van der Waals surface area contributed by atoms with Crippen LogP contribution < -0.4 is 0 Å². The molecule has 0 aromatic heterocycles. The molecule has 0 aromatic rings. The molecule has 2 nitrogen and oxygen atoms in total. The summed E-state index contributed by atoms with van der Waals surface area (Å²) in [5.74, 6) is 0. The van der Waals surface area contributed by atoms with Gasteiger partial charge in [0, 0.05) is 0 Å². The fourth-order valence-corrected chi connectivity index (χ4v) is 1.67. The smallest absolute Gasteiger partial charge is 0.108 e. The van der Waals surface area contributed by atoms with Crippen molar-refractivity contribution in [2.75, 3.05) is 6.61 Å². The van der Waals surface area contributed by atoms with E-state index in [1.807, 2.05) is 0 Å². The molecule has 1 aliphatic heterocycles. The van der Waals surface area contributed by atoms with Gasteiger partial charge in [0.1, 0.15) is 6.10 Å². The summed E-state index contributed by atoms with van der Waals surface area (Å²) in [7, 11) is 0. The van der Waals surface area contributed by atoms with E-state index in [0.717, 1.165) is 13.0 Å². The minimum absolute atomic E-state index is 0.0510. The average Bonchev–Trinajstić information content (AvgIpc) is 1.91. The van der Waals surface area contributed by atoms with E-state index in [2.05, 4.69) is 41.5 Å². The van der Waals surface area contributed by atoms with Crippen LogP contribution in [0.3, 0.4) is 0 Å². The van der Waals surface area contributed by atoms with E-state index in [-0.39, 0.29) is 5.60 Å². The lowest BCUT2D eigenvalue weighted by molar-refractivity contribution is -0.230. The highest BCUT2D eigenvalue weighted by atomic mass is 16.6. The Balaban J connectivity index is 2.36. The van der Waals surface area contributed by atoms with Crippen molar-refractivity contribution in [3.8, 4) is 0 Å². The number of hydrogen-bond acceptors (Lipinski definition) is 2. The van der Waals surface area contributed by atoms with Crippen LogP contribution >= 0.6 is 0 Å². The molecule has 2 atom stereocenters. The van der Waals surface area contributed by atoms with Gasteiger partial charge in [-0.2, -0.15) is 0 Å². The third-order valence-corrected chi connectivity index (χ3v) is 2.21. The second-order valence-corrected chi connectivity index (χ2v) is 6.41. The van der Waals surface area contributed by atoms with Gasteiger partial charge in [-0.05, 0) is 32.6 Å². The number of ether oxygens (including phenoxy) is 2. The average molecular weight is 200 g/mol. The van der Waals surface area contributed by atoms with Gasteiger partial charge in [-0.1, -0.05) is 20.8 Å². The first-order valence-electron chi connectivity index (χ1n) is 5.47. The van der Waals surface area contributed by atoms with Crippen molar-refractivity contribution >= 4 is 0 Å². The molecule has 84 valence electrons. The molecule has 0 spiro atoms.